The summed E-state index contributed by atoms with van der Waals surface area (Å²) in [6.45, 7) is 2.05. The van der Waals surface area contributed by atoms with Crippen LogP contribution in [0.4, 0.5) is 5.69 Å². The number of aryl methyl sites for hydroxylation is 1. The minimum Gasteiger partial charge on any atom is -0.493 e. The van der Waals surface area contributed by atoms with E-state index in [0.717, 1.165) is 15.7 Å². The van der Waals surface area contributed by atoms with Gasteiger partial charge >= 0.3 is 0 Å². The molecule has 0 aromatic heterocycles. The van der Waals surface area contributed by atoms with Gasteiger partial charge in [0.2, 0.25) is 0 Å². The molecular weight excluding hydrogens is 318 g/mol. The zero-order chi connectivity index (χ0) is 14.5. The standard InChI is InChI=1S/C16H16BrNO2/c1-11-4-6-13(7-5-11)18-10-12-8-14(17)16(20-3)15(9-12)19-2/h4-10H,1-3H3. The van der Waals surface area contributed by atoms with Crippen molar-refractivity contribution < 1.29 is 9.47 Å². The van der Waals surface area contributed by atoms with Gasteiger partial charge in [0.05, 0.1) is 24.4 Å². The molecule has 0 aliphatic heterocycles. The van der Waals surface area contributed by atoms with Crippen LogP contribution in [0.25, 0.3) is 0 Å². The average Bonchev–Trinajstić information content (AvgIpc) is 2.46. The van der Waals surface area contributed by atoms with Crippen LogP contribution in [0.5, 0.6) is 11.5 Å². The molecule has 0 amide bonds. The predicted molar refractivity (Wildman–Crippen MR) is 85.7 cm³/mol. The Morgan fingerprint density at radius 3 is 2.35 bits per heavy atom. The Labute approximate surface area is 127 Å². The molecule has 2 aromatic rings. The first kappa shape index (κ1) is 14.6. The maximum Gasteiger partial charge on any atom is 0.174 e. The molecular formula is C16H16BrNO2. The summed E-state index contributed by atoms with van der Waals surface area (Å²) >= 11 is 3.47. The topological polar surface area (TPSA) is 30.8 Å². The Bertz CT molecular complexity index is 621. The third-order valence-electron chi connectivity index (χ3n) is 2.85. The van der Waals surface area contributed by atoms with E-state index in [-0.39, 0.29) is 0 Å². The van der Waals surface area contributed by atoms with Crippen LogP contribution in [-0.2, 0) is 0 Å². The van der Waals surface area contributed by atoms with Crippen molar-refractivity contribution in [3.63, 3.8) is 0 Å². The summed E-state index contributed by atoms with van der Waals surface area (Å²) in [5.74, 6) is 1.35. The largest absolute Gasteiger partial charge is 0.493 e. The molecule has 20 heavy (non-hydrogen) atoms. The number of benzene rings is 2. The molecule has 104 valence electrons. The molecule has 0 fully saturated rings. The first-order valence-electron chi connectivity index (χ1n) is 6.16. The fourth-order valence-electron chi connectivity index (χ4n) is 1.79. The molecule has 0 aliphatic carbocycles. The Morgan fingerprint density at radius 1 is 1.05 bits per heavy atom. The lowest BCUT2D eigenvalue weighted by atomic mass is 10.2. The number of rotatable bonds is 4. The quantitative estimate of drug-likeness (QED) is 0.770. The van der Waals surface area contributed by atoms with E-state index < -0.39 is 0 Å². The minimum absolute atomic E-state index is 0.673. The van der Waals surface area contributed by atoms with Gasteiger partial charge in [-0.05, 0) is 52.7 Å². The van der Waals surface area contributed by atoms with Gasteiger partial charge in [-0.1, -0.05) is 17.7 Å². The molecule has 0 N–H and O–H groups in total. The SMILES string of the molecule is COc1cc(C=Nc2ccc(C)cc2)cc(Br)c1OC. The van der Waals surface area contributed by atoms with Crippen molar-refractivity contribution in [1.29, 1.82) is 0 Å². The lowest BCUT2D eigenvalue weighted by Crippen LogP contribution is -1.93. The van der Waals surface area contributed by atoms with Crippen LogP contribution in [0, 0.1) is 6.92 Å². The van der Waals surface area contributed by atoms with Gasteiger partial charge in [0.1, 0.15) is 0 Å². The van der Waals surface area contributed by atoms with Gasteiger partial charge in [-0.2, -0.15) is 0 Å². The molecule has 0 atom stereocenters. The van der Waals surface area contributed by atoms with E-state index >= 15 is 0 Å². The first-order valence-corrected chi connectivity index (χ1v) is 6.95. The molecule has 0 heterocycles. The molecule has 0 saturated heterocycles. The van der Waals surface area contributed by atoms with E-state index in [9.17, 15) is 0 Å². The summed E-state index contributed by atoms with van der Waals surface area (Å²) in [7, 11) is 3.23. The van der Waals surface area contributed by atoms with E-state index in [1.165, 1.54) is 5.56 Å². The highest BCUT2D eigenvalue weighted by molar-refractivity contribution is 9.10. The second kappa shape index (κ2) is 6.57. The van der Waals surface area contributed by atoms with Crippen LogP contribution in [0.2, 0.25) is 0 Å². The van der Waals surface area contributed by atoms with Crippen LogP contribution in [0.1, 0.15) is 11.1 Å². The van der Waals surface area contributed by atoms with Crippen molar-refractivity contribution in [2.75, 3.05) is 14.2 Å². The molecule has 0 unspecified atom stereocenters. The lowest BCUT2D eigenvalue weighted by molar-refractivity contribution is 0.353. The van der Waals surface area contributed by atoms with Gasteiger partial charge in [-0.15, -0.1) is 0 Å². The molecule has 0 aliphatic rings. The maximum absolute atomic E-state index is 5.31. The number of hydrogen-bond donors (Lipinski definition) is 0. The molecule has 0 bridgehead atoms. The predicted octanol–water partition coefficient (Wildman–Crippen LogP) is 4.53. The van der Waals surface area contributed by atoms with Crippen molar-refractivity contribution in [1.82, 2.24) is 0 Å². The third kappa shape index (κ3) is 3.39. The number of hydrogen-bond acceptors (Lipinski definition) is 3. The highest BCUT2D eigenvalue weighted by atomic mass is 79.9. The number of aliphatic imine (C=N–C) groups is 1. The van der Waals surface area contributed by atoms with E-state index in [4.69, 9.17) is 9.47 Å². The molecule has 4 heteroatoms. The Hall–Kier alpha value is -1.81. The van der Waals surface area contributed by atoms with Crippen LogP contribution in [-0.4, -0.2) is 20.4 Å². The highest BCUT2D eigenvalue weighted by Gasteiger charge is 2.09. The van der Waals surface area contributed by atoms with Crippen molar-refractivity contribution in [3.8, 4) is 11.5 Å². The molecule has 2 aromatic carbocycles. The van der Waals surface area contributed by atoms with Crippen LogP contribution in [0.15, 0.2) is 45.9 Å². The van der Waals surface area contributed by atoms with Gasteiger partial charge < -0.3 is 9.47 Å². The average molecular weight is 334 g/mol. The summed E-state index contributed by atoms with van der Waals surface area (Å²) in [6, 6.07) is 11.9. The number of ether oxygens (including phenoxy) is 2. The van der Waals surface area contributed by atoms with Crippen LogP contribution in [0.3, 0.4) is 0 Å². The fourth-order valence-corrected chi connectivity index (χ4v) is 2.41. The van der Waals surface area contributed by atoms with Gasteiger partial charge in [0.15, 0.2) is 11.5 Å². The minimum atomic E-state index is 0.673. The van der Waals surface area contributed by atoms with E-state index in [1.54, 1.807) is 20.4 Å². The second-order valence-electron chi connectivity index (χ2n) is 4.33. The zero-order valence-electron chi connectivity index (χ0n) is 11.7. The van der Waals surface area contributed by atoms with Gasteiger partial charge in [0, 0.05) is 6.21 Å². The first-order chi connectivity index (χ1) is 9.63. The van der Waals surface area contributed by atoms with Gasteiger partial charge in [-0.3, -0.25) is 4.99 Å². The lowest BCUT2D eigenvalue weighted by Gasteiger charge is -2.10. The van der Waals surface area contributed by atoms with E-state index in [2.05, 4.69) is 27.8 Å². The summed E-state index contributed by atoms with van der Waals surface area (Å²) < 4.78 is 11.4. The molecule has 0 radical (unpaired) electrons. The highest BCUT2D eigenvalue weighted by Crippen LogP contribution is 2.35. The normalized spacial score (nSPS) is 10.8. The van der Waals surface area contributed by atoms with Crippen molar-refractivity contribution in [3.05, 3.63) is 52.0 Å². The van der Waals surface area contributed by atoms with Gasteiger partial charge in [0.25, 0.3) is 0 Å². The number of nitrogens with zero attached hydrogens (tertiary/aromatic N) is 1. The molecule has 3 nitrogen and oxygen atoms in total. The zero-order valence-corrected chi connectivity index (χ0v) is 13.3. The molecule has 0 saturated carbocycles. The van der Waals surface area contributed by atoms with E-state index in [1.807, 2.05) is 36.4 Å². The smallest absolute Gasteiger partial charge is 0.174 e. The van der Waals surface area contributed by atoms with Gasteiger partial charge in [-0.25, -0.2) is 0 Å². The third-order valence-corrected chi connectivity index (χ3v) is 3.44. The fraction of sp³-hybridized carbons (Fsp3) is 0.188. The number of halogens is 1. The van der Waals surface area contributed by atoms with Crippen LogP contribution < -0.4 is 9.47 Å². The molecule has 2 rings (SSSR count). The van der Waals surface area contributed by atoms with Crippen molar-refractivity contribution >= 4 is 27.8 Å². The molecule has 0 spiro atoms. The van der Waals surface area contributed by atoms with E-state index in [0.29, 0.717) is 11.5 Å². The Kier molecular flexibility index (Phi) is 4.79. The summed E-state index contributed by atoms with van der Waals surface area (Å²) in [5.41, 5.74) is 3.08. The monoisotopic (exact) mass is 333 g/mol. The Balaban J connectivity index is 2.29. The number of methoxy groups -OCH3 is 2. The second-order valence-corrected chi connectivity index (χ2v) is 5.19. The summed E-state index contributed by atoms with van der Waals surface area (Å²) in [5, 5.41) is 0. The summed E-state index contributed by atoms with van der Waals surface area (Å²) in [4.78, 5) is 4.45. The van der Waals surface area contributed by atoms with Crippen LogP contribution >= 0.6 is 15.9 Å². The van der Waals surface area contributed by atoms with Crippen molar-refractivity contribution in [2.24, 2.45) is 4.99 Å². The Morgan fingerprint density at radius 2 is 1.75 bits per heavy atom. The maximum atomic E-state index is 5.31. The summed E-state index contributed by atoms with van der Waals surface area (Å²) in [6.07, 6.45) is 1.80. The van der Waals surface area contributed by atoms with Crippen molar-refractivity contribution in [2.45, 2.75) is 6.92 Å².